The lowest BCUT2D eigenvalue weighted by molar-refractivity contribution is -0.141. The molecule has 0 radical (unpaired) electrons. The Hall–Kier alpha value is -2.35. The Morgan fingerprint density at radius 2 is 1.95 bits per heavy atom. The minimum Gasteiger partial charge on any atom is -0.397 e. The van der Waals surface area contributed by atoms with Crippen molar-refractivity contribution in [2.75, 3.05) is 11.1 Å². The Kier molecular flexibility index (Phi) is 3.99. The number of amides is 1. The fourth-order valence-electron chi connectivity index (χ4n) is 1.46. The molecule has 0 atom stereocenters. The molecule has 0 aliphatic heterocycles. The van der Waals surface area contributed by atoms with E-state index < -0.39 is 17.8 Å². The molecule has 3 N–H and O–H groups in total. The summed E-state index contributed by atoms with van der Waals surface area (Å²) in [7, 11) is 0. The van der Waals surface area contributed by atoms with Crippen LogP contribution in [-0.4, -0.2) is 15.9 Å². The van der Waals surface area contributed by atoms with E-state index in [1.54, 1.807) is 0 Å². The molecule has 2 heterocycles. The van der Waals surface area contributed by atoms with E-state index >= 15 is 0 Å². The minimum absolute atomic E-state index is 0.0107. The Balaban J connectivity index is 2.18. The minimum atomic E-state index is -4.54. The van der Waals surface area contributed by atoms with Crippen LogP contribution in [0.2, 0.25) is 5.15 Å². The van der Waals surface area contributed by atoms with Gasteiger partial charge in [0.2, 0.25) is 0 Å². The predicted octanol–water partition coefficient (Wildman–Crippen LogP) is 2.98. The summed E-state index contributed by atoms with van der Waals surface area (Å²) in [4.78, 5) is 18.9. The maximum atomic E-state index is 12.4. The molecule has 1 amide bonds. The number of alkyl halides is 3. The van der Waals surface area contributed by atoms with Crippen LogP contribution in [0.4, 0.5) is 24.5 Å². The summed E-state index contributed by atoms with van der Waals surface area (Å²) in [6.45, 7) is 0. The quantitative estimate of drug-likeness (QED) is 0.835. The number of nitrogens with one attached hydrogen (secondary N) is 1. The molecular formula is C12H8ClF3N4O. The molecule has 21 heavy (non-hydrogen) atoms. The number of aromatic nitrogens is 2. The van der Waals surface area contributed by atoms with E-state index in [1.165, 1.54) is 12.3 Å². The van der Waals surface area contributed by atoms with Gasteiger partial charge in [0.15, 0.2) is 0 Å². The molecule has 0 aliphatic rings. The maximum absolute atomic E-state index is 12.4. The third-order valence-electron chi connectivity index (χ3n) is 2.42. The molecule has 0 bridgehead atoms. The van der Waals surface area contributed by atoms with Gasteiger partial charge in [0.05, 0.1) is 29.3 Å². The lowest BCUT2D eigenvalue weighted by atomic mass is 10.2. The summed E-state index contributed by atoms with van der Waals surface area (Å²) in [6, 6.07) is 3.15. The molecule has 110 valence electrons. The molecular weight excluding hydrogens is 309 g/mol. The summed E-state index contributed by atoms with van der Waals surface area (Å²) in [6.07, 6.45) is -2.36. The molecule has 2 aromatic rings. The number of carbonyl (C=O) groups excluding carboxylic acids is 1. The standard InChI is InChI=1S/C12H8ClF3N4O/c13-10-8(3-6(17)4-19-10)11(21)20-7-1-2-9(18-5-7)12(14,15)16/h1-5H,17H2,(H,20,21). The molecule has 0 aliphatic carbocycles. The van der Waals surface area contributed by atoms with E-state index in [4.69, 9.17) is 17.3 Å². The fourth-order valence-corrected chi connectivity index (χ4v) is 1.65. The number of halogens is 4. The van der Waals surface area contributed by atoms with Crippen molar-refractivity contribution in [2.45, 2.75) is 6.18 Å². The van der Waals surface area contributed by atoms with Gasteiger partial charge in [-0.15, -0.1) is 0 Å². The van der Waals surface area contributed by atoms with Crippen molar-refractivity contribution >= 4 is 28.9 Å². The monoisotopic (exact) mass is 316 g/mol. The fraction of sp³-hybridized carbons (Fsp3) is 0.0833. The van der Waals surface area contributed by atoms with Gasteiger partial charge in [0.25, 0.3) is 5.91 Å². The van der Waals surface area contributed by atoms with Gasteiger partial charge in [-0.2, -0.15) is 13.2 Å². The first-order valence-corrected chi connectivity index (χ1v) is 5.91. The smallest absolute Gasteiger partial charge is 0.397 e. The molecule has 0 spiro atoms. The highest BCUT2D eigenvalue weighted by Crippen LogP contribution is 2.28. The summed E-state index contributed by atoms with van der Waals surface area (Å²) < 4.78 is 37.1. The van der Waals surface area contributed by atoms with Gasteiger partial charge in [-0.05, 0) is 18.2 Å². The Morgan fingerprint density at radius 1 is 1.24 bits per heavy atom. The molecule has 0 saturated heterocycles. The number of hydrogen-bond donors (Lipinski definition) is 2. The zero-order chi connectivity index (χ0) is 15.6. The van der Waals surface area contributed by atoms with Crippen molar-refractivity contribution in [3.8, 4) is 0 Å². The van der Waals surface area contributed by atoms with E-state index in [9.17, 15) is 18.0 Å². The van der Waals surface area contributed by atoms with Gasteiger partial charge in [0.1, 0.15) is 10.8 Å². The van der Waals surface area contributed by atoms with E-state index in [-0.39, 0.29) is 22.1 Å². The van der Waals surface area contributed by atoms with E-state index in [0.29, 0.717) is 0 Å². The number of hydrogen-bond acceptors (Lipinski definition) is 4. The van der Waals surface area contributed by atoms with Crippen LogP contribution >= 0.6 is 11.6 Å². The third kappa shape index (κ3) is 3.60. The van der Waals surface area contributed by atoms with Crippen molar-refractivity contribution in [1.29, 1.82) is 0 Å². The van der Waals surface area contributed by atoms with Gasteiger partial charge in [-0.1, -0.05) is 11.6 Å². The van der Waals surface area contributed by atoms with Gasteiger partial charge < -0.3 is 11.1 Å². The molecule has 9 heteroatoms. The Morgan fingerprint density at radius 3 is 2.52 bits per heavy atom. The van der Waals surface area contributed by atoms with Crippen LogP contribution in [0.25, 0.3) is 0 Å². The Labute approximate surface area is 122 Å². The zero-order valence-electron chi connectivity index (χ0n) is 10.3. The number of anilines is 2. The third-order valence-corrected chi connectivity index (χ3v) is 2.72. The van der Waals surface area contributed by atoms with E-state index in [0.717, 1.165) is 18.3 Å². The number of carbonyl (C=O) groups is 1. The number of nitrogens with two attached hydrogens (primary N) is 1. The van der Waals surface area contributed by atoms with E-state index in [2.05, 4.69) is 15.3 Å². The highest BCUT2D eigenvalue weighted by molar-refractivity contribution is 6.33. The second kappa shape index (κ2) is 5.57. The maximum Gasteiger partial charge on any atom is 0.433 e. The normalized spacial score (nSPS) is 11.2. The molecule has 2 rings (SSSR count). The highest BCUT2D eigenvalue weighted by Gasteiger charge is 2.32. The number of nitrogen functional groups attached to an aromatic ring is 1. The highest BCUT2D eigenvalue weighted by atomic mass is 35.5. The summed E-state index contributed by atoms with van der Waals surface area (Å²) in [5, 5.41) is 2.29. The van der Waals surface area contributed by atoms with Gasteiger partial charge in [-0.25, -0.2) is 9.97 Å². The van der Waals surface area contributed by atoms with Crippen molar-refractivity contribution < 1.29 is 18.0 Å². The predicted molar refractivity (Wildman–Crippen MR) is 70.9 cm³/mol. The lowest BCUT2D eigenvalue weighted by Gasteiger charge is -2.08. The molecule has 5 nitrogen and oxygen atoms in total. The van der Waals surface area contributed by atoms with E-state index in [1.807, 2.05) is 0 Å². The molecule has 0 unspecified atom stereocenters. The van der Waals surface area contributed by atoms with Gasteiger partial charge in [-0.3, -0.25) is 4.79 Å². The molecule has 2 aromatic heterocycles. The first-order chi connectivity index (χ1) is 9.77. The van der Waals surface area contributed by atoms with Crippen LogP contribution in [0, 0.1) is 0 Å². The van der Waals surface area contributed by atoms with Crippen molar-refractivity contribution in [2.24, 2.45) is 0 Å². The van der Waals surface area contributed by atoms with Crippen LogP contribution in [-0.2, 0) is 6.18 Å². The average Bonchev–Trinajstić information content (AvgIpc) is 2.41. The van der Waals surface area contributed by atoms with Crippen molar-refractivity contribution in [1.82, 2.24) is 9.97 Å². The van der Waals surface area contributed by atoms with Crippen molar-refractivity contribution in [3.05, 3.63) is 47.0 Å². The Bertz CT molecular complexity index is 673. The summed E-state index contributed by atoms with van der Waals surface area (Å²) >= 11 is 5.75. The summed E-state index contributed by atoms with van der Waals surface area (Å²) in [5.74, 6) is -0.652. The second-order valence-electron chi connectivity index (χ2n) is 3.99. The lowest BCUT2D eigenvalue weighted by Crippen LogP contribution is -2.14. The summed E-state index contributed by atoms with van der Waals surface area (Å²) in [5.41, 5.74) is 4.77. The van der Waals surface area contributed by atoms with Crippen molar-refractivity contribution in [3.63, 3.8) is 0 Å². The molecule has 0 aromatic carbocycles. The number of rotatable bonds is 2. The zero-order valence-corrected chi connectivity index (χ0v) is 11.0. The number of nitrogens with zero attached hydrogens (tertiary/aromatic N) is 2. The van der Waals surface area contributed by atoms with Crippen LogP contribution in [0.15, 0.2) is 30.6 Å². The number of pyridine rings is 2. The topological polar surface area (TPSA) is 80.9 Å². The van der Waals surface area contributed by atoms with Gasteiger partial charge in [0, 0.05) is 0 Å². The first-order valence-electron chi connectivity index (χ1n) is 5.53. The van der Waals surface area contributed by atoms with Crippen LogP contribution in [0.3, 0.4) is 0 Å². The second-order valence-corrected chi connectivity index (χ2v) is 4.35. The first kappa shape index (κ1) is 15.0. The average molecular weight is 317 g/mol. The molecule has 0 fully saturated rings. The van der Waals surface area contributed by atoms with Gasteiger partial charge >= 0.3 is 6.18 Å². The van der Waals surface area contributed by atoms with Crippen LogP contribution < -0.4 is 11.1 Å². The van der Waals surface area contributed by atoms with Crippen LogP contribution in [0.5, 0.6) is 0 Å². The largest absolute Gasteiger partial charge is 0.433 e. The van der Waals surface area contributed by atoms with Crippen LogP contribution in [0.1, 0.15) is 16.1 Å². The molecule has 0 saturated carbocycles. The SMILES string of the molecule is Nc1cnc(Cl)c(C(=O)Nc2ccc(C(F)(F)F)nc2)c1.